The summed E-state index contributed by atoms with van der Waals surface area (Å²) in [4.78, 5) is 109. The number of nitrogens with zero attached hydrogens (tertiary/aromatic N) is 7. The summed E-state index contributed by atoms with van der Waals surface area (Å²) in [5.41, 5.74) is 3.05. The highest BCUT2D eigenvalue weighted by Gasteiger charge is 2.44. The number of likely N-dealkylation sites (N-methyl/N-ethyl adjacent to an activating group) is 1. The second-order valence-corrected chi connectivity index (χ2v) is 28.1. The topological polar surface area (TPSA) is 299 Å². The fraction of sp³-hybridized carbons (Fsp3) is 0.455. The lowest BCUT2D eigenvalue weighted by atomic mass is 9.83. The van der Waals surface area contributed by atoms with Gasteiger partial charge in [-0.05, 0) is 147 Å². The maximum atomic E-state index is 15.1. The number of halogens is 2. The lowest BCUT2D eigenvalue weighted by molar-refractivity contribution is -0.147. The predicted octanol–water partition coefficient (Wildman–Crippen LogP) is 10.8. The summed E-state index contributed by atoms with van der Waals surface area (Å²) < 4.78 is 75.3. The number of hydrogen-bond donors (Lipinski definition) is 4. The summed E-state index contributed by atoms with van der Waals surface area (Å²) >= 11 is 0. The van der Waals surface area contributed by atoms with Crippen molar-refractivity contribution in [2.75, 3.05) is 89.8 Å². The average Bonchev–Trinajstić information content (AvgIpc) is 1.77. The van der Waals surface area contributed by atoms with Gasteiger partial charge in [-0.15, -0.1) is 0 Å². The zero-order valence-electron chi connectivity index (χ0n) is 60.5. The first-order chi connectivity index (χ1) is 50.4. The molecule has 0 spiro atoms. The van der Waals surface area contributed by atoms with Crippen LogP contribution < -0.4 is 30.9 Å². The minimum absolute atomic E-state index is 0.0224. The van der Waals surface area contributed by atoms with Crippen LogP contribution in [0.5, 0.6) is 5.75 Å². The summed E-state index contributed by atoms with van der Waals surface area (Å²) in [6, 6.07) is 28.9. The zero-order chi connectivity index (χ0) is 74.8. The van der Waals surface area contributed by atoms with Gasteiger partial charge in [0.05, 0.1) is 76.5 Å². The van der Waals surface area contributed by atoms with Crippen LogP contribution in [0.4, 0.5) is 29.9 Å². The molecule has 4 N–H and O–H groups in total. The van der Waals surface area contributed by atoms with Gasteiger partial charge in [0.2, 0.25) is 23.6 Å². The van der Waals surface area contributed by atoms with Crippen molar-refractivity contribution in [1.82, 2.24) is 45.5 Å². The number of benzene rings is 4. The van der Waals surface area contributed by atoms with Gasteiger partial charge in [0.25, 0.3) is 18.2 Å². The first-order valence-electron chi connectivity index (χ1n) is 35.4. The number of aromatic nitrogens is 4. The van der Waals surface area contributed by atoms with E-state index in [1.54, 1.807) is 44.7 Å². The van der Waals surface area contributed by atoms with E-state index in [1.165, 1.54) is 59.1 Å². The number of nitrogens with one attached hydrogen (secondary N) is 4. The minimum atomic E-state index is -3.06. The van der Waals surface area contributed by atoms with Crippen LogP contribution in [0.3, 0.4) is 0 Å². The molecule has 7 amide bonds. The molecule has 0 radical (unpaired) electrons. The molecule has 10 rings (SSSR count). The molecular formula is C77H93F2N11O15. The highest BCUT2D eigenvalue weighted by Crippen LogP contribution is 2.36. The fourth-order valence-electron chi connectivity index (χ4n) is 11.9. The van der Waals surface area contributed by atoms with Crippen LogP contribution in [-0.4, -0.2) is 175 Å². The van der Waals surface area contributed by atoms with Crippen molar-refractivity contribution in [3.63, 3.8) is 0 Å². The first-order valence-corrected chi connectivity index (χ1v) is 35.4. The molecule has 28 heteroatoms. The van der Waals surface area contributed by atoms with Gasteiger partial charge in [-0.3, -0.25) is 33.8 Å². The Hall–Kier alpha value is -10.2. The summed E-state index contributed by atoms with van der Waals surface area (Å²) in [5, 5.41) is 15.5. The second-order valence-electron chi connectivity index (χ2n) is 28.1. The Kier molecular flexibility index (Phi) is 26.6. The molecule has 4 atom stereocenters. The van der Waals surface area contributed by atoms with Crippen molar-refractivity contribution in [3.05, 3.63) is 173 Å². The lowest BCUT2D eigenvalue weighted by Crippen LogP contribution is -2.62. The van der Waals surface area contributed by atoms with Gasteiger partial charge in [-0.1, -0.05) is 81.4 Å². The fourth-order valence-corrected chi connectivity index (χ4v) is 11.9. The molecule has 1 aliphatic heterocycles. The molecule has 0 unspecified atom stereocenters. The van der Waals surface area contributed by atoms with E-state index in [0.29, 0.717) is 73.9 Å². The van der Waals surface area contributed by atoms with Crippen molar-refractivity contribution >= 4 is 53.2 Å². The molecule has 105 heavy (non-hydrogen) atoms. The number of pyridine rings is 1. The van der Waals surface area contributed by atoms with Gasteiger partial charge in [0, 0.05) is 50.4 Å². The maximum Gasteiger partial charge on any atom is 0.416 e. The van der Waals surface area contributed by atoms with Gasteiger partial charge in [-0.25, -0.2) is 33.0 Å². The molecule has 2 aliphatic carbocycles. The van der Waals surface area contributed by atoms with Gasteiger partial charge >= 0.3 is 12.2 Å². The van der Waals surface area contributed by atoms with Gasteiger partial charge in [0.1, 0.15) is 54.8 Å². The molecule has 4 heterocycles. The number of anilines is 2. The minimum Gasteiger partial charge on any atom is -0.491 e. The summed E-state index contributed by atoms with van der Waals surface area (Å²) in [5.74, 6) is -1.31. The largest absolute Gasteiger partial charge is 0.491 e. The number of hydrogen-bond acceptors (Lipinski definition) is 18. The van der Waals surface area contributed by atoms with Crippen LogP contribution in [0, 0.1) is 11.3 Å². The molecule has 7 aromatic rings. The molecular weight excluding hydrogens is 1360 g/mol. The number of ether oxygens (including phenoxy) is 7. The smallest absolute Gasteiger partial charge is 0.416 e. The zero-order valence-corrected chi connectivity index (χ0v) is 60.5. The van der Waals surface area contributed by atoms with Gasteiger partial charge < -0.3 is 63.7 Å². The van der Waals surface area contributed by atoms with E-state index in [2.05, 4.69) is 42.4 Å². The number of alkyl halides is 2. The number of carbonyl (C=O) groups excluding carboxylic acids is 7. The number of oxazole rings is 1. The van der Waals surface area contributed by atoms with Crippen LogP contribution in [-0.2, 0) is 68.8 Å². The molecule has 0 saturated heterocycles. The number of rotatable bonds is 33. The number of carbonyl (C=O) groups is 7. The van der Waals surface area contributed by atoms with Crippen LogP contribution in [0.1, 0.15) is 141 Å². The standard InChI is InChI=1S/C77H93F2N11O15/c1-49(87(8)74(96)104-47-51-15-10-9-11-16-51)68(91)85-66(76(2,3)4)73(95)88-45-56-41-58(28-25-54(56)42-63(88)71(94)82-60-20-14-18-52-17-12-13-19-59(52)60)102-40-39-101-38-37-100-36-35-99-34-33-98-32-31-81-69(92)53-23-26-57(27-24-53)90-46-61(65(86-90)67(78)79)83-70(93)62-48-103-72(84-62)55-29-30-80-64(43-55)89(44-50-21-22-50)75(97)105-77(5,6)7/h9-13,15-17,19,23-30,41,43,46,48-50,60,63,66-67H,14,18,20-22,31-40,42,44-45,47H2,1-8H3,(H,81,92)(H,82,94)(H,83,93)(H,85,91)/t49-,60+,63-,66+/m0/s1. The van der Waals surface area contributed by atoms with Crippen molar-refractivity contribution in [2.45, 2.75) is 136 Å². The molecule has 560 valence electrons. The predicted molar refractivity (Wildman–Crippen MR) is 384 cm³/mol. The Balaban J connectivity index is 0.612. The SMILES string of the molecule is C[C@@H](C(=O)N[C@H](C(=O)N1Cc2cc(OCCOCCOCCOCCOCCNC(=O)c3ccc(-n4cc(NC(=O)c5coc(-c6ccnc(N(CC7CC7)C(=O)OC(C)(C)C)c6)n5)c(C(F)F)n4)cc3)ccc2C[C@H]1C(=O)N[C@@H]1CCCc2ccccc21)C(C)(C)C)N(C)C(=O)OCc1ccccc1. The average molecular weight is 1450 g/mol. The summed E-state index contributed by atoms with van der Waals surface area (Å²) in [6.45, 7) is 15.6. The number of amides is 7. The molecule has 0 bridgehead atoms. The van der Waals surface area contributed by atoms with Gasteiger partial charge in [-0.2, -0.15) is 5.10 Å². The van der Waals surface area contributed by atoms with E-state index in [-0.39, 0.29) is 81.8 Å². The number of fused-ring (bicyclic) bond motifs is 2. The Labute approximate surface area is 609 Å². The van der Waals surface area contributed by atoms with E-state index >= 15 is 4.79 Å². The third kappa shape index (κ3) is 21.7. The molecule has 3 aromatic heterocycles. The van der Waals surface area contributed by atoms with Crippen LogP contribution in [0.15, 0.2) is 132 Å². The van der Waals surface area contributed by atoms with E-state index in [9.17, 15) is 37.5 Å². The third-order valence-corrected chi connectivity index (χ3v) is 17.9. The van der Waals surface area contributed by atoms with E-state index in [0.717, 1.165) is 65.3 Å². The first kappa shape index (κ1) is 77.5. The molecule has 1 saturated carbocycles. The van der Waals surface area contributed by atoms with Crippen LogP contribution in [0.2, 0.25) is 0 Å². The van der Waals surface area contributed by atoms with Crippen molar-refractivity contribution in [3.8, 4) is 22.9 Å². The van der Waals surface area contributed by atoms with E-state index in [1.807, 2.05) is 87.5 Å². The Morgan fingerprint density at radius 1 is 0.743 bits per heavy atom. The highest BCUT2D eigenvalue weighted by molar-refractivity contribution is 6.03. The molecule has 26 nitrogen and oxygen atoms in total. The maximum absolute atomic E-state index is 15.1. The highest BCUT2D eigenvalue weighted by atomic mass is 19.3. The van der Waals surface area contributed by atoms with Crippen molar-refractivity contribution in [2.24, 2.45) is 11.3 Å². The van der Waals surface area contributed by atoms with Crippen LogP contribution >= 0.6 is 0 Å². The Morgan fingerprint density at radius 2 is 1.43 bits per heavy atom. The van der Waals surface area contributed by atoms with E-state index < -0.39 is 77.1 Å². The van der Waals surface area contributed by atoms with Crippen molar-refractivity contribution < 1.29 is 79.9 Å². The number of aryl methyl sites for hydroxylation is 1. The quantitative estimate of drug-likeness (QED) is 0.0278. The Morgan fingerprint density at radius 3 is 2.11 bits per heavy atom. The second kappa shape index (κ2) is 36.0. The Bertz CT molecular complexity index is 4120. The van der Waals surface area contributed by atoms with Crippen molar-refractivity contribution in [1.29, 1.82) is 0 Å². The summed E-state index contributed by atoms with van der Waals surface area (Å²) in [7, 11) is 1.47. The normalized spacial score (nSPS) is 15.5. The monoisotopic (exact) mass is 1450 g/mol. The molecule has 3 aliphatic rings. The van der Waals surface area contributed by atoms with Crippen LogP contribution in [0.25, 0.3) is 17.1 Å². The van der Waals surface area contributed by atoms with E-state index in [4.69, 9.17) is 37.6 Å². The molecule has 4 aromatic carbocycles. The molecule has 1 fully saturated rings. The lowest BCUT2D eigenvalue weighted by Gasteiger charge is -2.42. The van der Waals surface area contributed by atoms with Gasteiger partial charge in [0.15, 0.2) is 11.4 Å². The summed E-state index contributed by atoms with van der Waals surface area (Å²) in [6.07, 6.45) is 4.25. The third-order valence-electron chi connectivity index (χ3n) is 17.9.